The number of H-pyrrole nitrogens is 1. The summed E-state index contributed by atoms with van der Waals surface area (Å²) in [5, 5.41) is 2.73. The molecule has 1 aromatic heterocycles. The van der Waals surface area contributed by atoms with E-state index in [0.717, 1.165) is 31.0 Å². The first-order chi connectivity index (χ1) is 13.5. The highest BCUT2D eigenvalue weighted by molar-refractivity contribution is 8.00. The summed E-state index contributed by atoms with van der Waals surface area (Å²) < 4.78 is 51.7. The van der Waals surface area contributed by atoms with Crippen LogP contribution in [0.25, 0.3) is 0 Å². The summed E-state index contributed by atoms with van der Waals surface area (Å²) in [5.41, 5.74) is -4.84. The lowest BCUT2D eigenvalue weighted by Gasteiger charge is -2.20. The molecule has 29 heavy (non-hydrogen) atoms. The molecule has 1 heterocycles. The highest BCUT2D eigenvalue weighted by Crippen LogP contribution is 2.43. The Hall–Kier alpha value is -2.56. The summed E-state index contributed by atoms with van der Waals surface area (Å²) in [7, 11) is 3.30. The summed E-state index contributed by atoms with van der Waals surface area (Å²) >= 11 is -0.527. The maximum absolute atomic E-state index is 14.2. The van der Waals surface area contributed by atoms with E-state index in [2.05, 4.69) is 15.3 Å². The van der Waals surface area contributed by atoms with E-state index in [1.54, 1.807) is 14.1 Å². The minimum atomic E-state index is -4.59. The third-order valence-electron chi connectivity index (χ3n) is 4.31. The average Bonchev–Trinajstić information content (AvgIpc) is 3.44. The summed E-state index contributed by atoms with van der Waals surface area (Å²) in [6, 6.07) is 3.89. The Morgan fingerprint density at radius 2 is 2.00 bits per heavy atom. The number of alkyl halides is 3. The maximum atomic E-state index is 14.2. The second kappa shape index (κ2) is 8.05. The van der Waals surface area contributed by atoms with Gasteiger partial charge in [-0.05, 0) is 48.2 Å². The molecule has 1 aliphatic carbocycles. The Kier molecular flexibility index (Phi) is 5.87. The van der Waals surface area contributed by atoms with Gasteiger partial charge in [-0.25, -0.2) is 9.37 Å². The largest absolute Gasteiger partial charge is 0.446 e. The molecule has 0 spiro atoms. The van der Waals surface area contributed by atoms with Crippen LogP contribution in [0.2, 0.25) is 0 Å². The number of nitrogens with zero attached hydrogens (tertiary/aromatic N) is 2. The number of benzene rings is 1. The molecule has 1 unspecified atom stereocenters. The van der Waals surface area contributed by atoms with Crippen LogP contribution in [0.3, 0.4) is 0 Å². The van der Waals surface area contributed by atoms with Crippen molar-refractivity contribution in [2.24, 2.45) is 5.92 Å². The van der Waals surface area contributed by atoms with Crippen molar-refractivity contribution in [1.29, 1.82) is 0 Å². The van der Waals surface area contributed by atoms with Crippen LogP contribution < -0.4 is 15.8 Å². The van der Waals surface area contributed by atoms with Crippen molar-refractivity contribution in [1.82, 2.24) is 15.3 Å². The molecule has 3 rings (SSSR count). The van der Waals surface area contributed by atoms with Crippen LogP contribution in [0.5, 0.6) is 0 Å². The summed E-state index contributed by atoms with van der Waals surface area (Å²) in [4.78, 5) is 32.0. The van der Waals surface area contributed by atoms with Crippen LogP contribution >= 0.6 is 11.8 Å². The molecule has 1 aromatic carbocycles. The molecule has 1 aliphatic rings. The number of hydrogen-bond donors (Lipinski definition) is 2. The van der Waals surface area contributed by atoms with Gasteiger partial charge in [0.1, 0.15) is 11.5 Å². The predicted molar refractivity (Wildman–Crippen MR) is 100 cm³/mol. The average molecular weight is 430 g/mol. The van der Waals surface area contributed by atoms with E-state index in [4.69, 9.17) is 0 Å². The predicted octanol–water partition coefficient (Wildman–Crippen LogP) is 3.47. The maximum Gasteiger partial charge on any atom is 0.446 e. The molecular formula is C18H18F4N4O2S. The number of halogens is 4. The number of aromatic nitrogens is 2. The van der Waals surface area contributed by atoms with Crippen molar-refractivity contribution >= 4 is 23.6 Å². The second-order valence-corrected chi connectivity index (χ2v) is 7.98. The van der Waals surface area contributed by atoms with Gasteiger partial charge in [-0.3, -0.25) is 14.6 Å². The first kappa shape index (κ1) is 21.2. The van der Waals surface area contributed by atoms with Gasteiger partial charge in [-0.2, -0.15) is 13.2 Å². The Balaban J connectivity index is 1.84. The van der Waals surface area contributed by atoms with Gasteiger partial charge < -0.3 is 10.2 Å². The molecular weight excluding hydrogens is 412 g/mol. The van der Waals surface area contributed by atoms with Crippen LogP contribution in [-0.4, -0.2) is 35.5 Å². The molecule has 1 saturated carbocycles. The number of hydrogen-bond acceptors (Lipinski definition) is 5. The van der Waals surface area contributed by atoms with Gasteiger partial charge in [0, 0.05) is 20.2 Å². The van der Waals surface area contributed by atoms with Gasteiger partial charge in [0.05, 0.1) is 10.9 Å². The zero-order chi connectivity index (χ0) is 21.3. The van der Waals surface area contributed by atoms with E-state index in [9.17, 15) is 27.2 Å². The fourth-order valence-corrected chi connectivity index (χ4v) is 3.35. The van der Waals surface area contributed by atoms with Crippen molar-refractivity contribution in [3.63, 3.8) is 0 Å². The molecule has 11 heteroatoms. The second-order valence-electron chi connectivity index (χ2n) is 6.87. The van der Waals surface area contributed by atoms with Crippen LogP contribution in [0.4, 0.5) is 23.5 Å². The molecule has 1 amide bonds. The Bertz CT molecular complexity index is 973. The van der Waals surface area contributed by atoms with Crippen LogP contribution in [0.15, 0.2) is 34.0 Å². The fourth-order valence-electron chi connectivity index (χ4n) is 2.81. The van der Waals surface area contributed by atoms with E-state index in [-0.39, 0.29) is 17.6 Å². The third-order valence-corrected chi connectivity index (χ3v) is 5.09. The number of thioether (sulfide) groups is 1. The number of rotatable bonds is 6. The topological polar surface area (TPSA) is 78.1 Å². The molecule has 6 nitrogen and oxygen atoms in total. The van der Waals surface area contributed by atoms with Crippen molar-refractivity contribution in [3.05, 3.63) is 51.7 Å². The number of aromatic amines is 1. The first-order valence-corrected chi connectivity index (χ1v) is 9.50. The lowest BCUT2D eigenvalue weighted by atomic mass is 10.0. The lowest BCUT2D eigenvalue weighted by Crippen LogP contribution is -2.32. The van der Waals surface area contributed by atoms with Gasteiger partial charge in [0.15, 0.2) is 0 Å². The SMILES string of the molecule is CN(C)c1nc(C(=O)NC(c2ccc(SC(F)(F)F)c(F)c2)C2CC2)cc(=O)[nH]1. The number of anilines is 1. The van der Waals surface area contributed by atoms with Crippen LogP contribution in [-0.2, 0) is 0 Å². The van der Waals surface area contributed by atoms with E-state index in [1.165, 1.54) is 11.0 Å². The van der Waals surface area contributed by atoms with Crippen molar-refractivity contribution in [2.75, 3.05) is 19.0 Å². The molecule has 1 atom stereocenters. The van der Waals surface area contributed by atoms with Crippen molar-refractivity contribution in [3.8, 4) is 0 Å². The number of carbonyl (C=O) groups excluding carboxylic acids is 1. The zero-order valence-corrected chi connectivity index (χ0v) is 16.3. The van der Waals surface area contributed by atoms with E-state index < -0.39 is 45.5 Å². The van der Waals surface area contributed by atoms with Crippen LogP contribution in [0.1, 0.15) is 34.9 Å². The van der Waals surface area contributed by atoms with Gasteiger partial charge in [-0.1, -0.05) is 6.07 Å². The molecule has 0 radical (unpaired) electrons. The zero-order valence-electron chi connectivity index (χ0n) is 15.5. The van der Waals surface area contributed by atoms with Crippen molar-refractivity contribution < 1.29 is 22.4 Å². The Morgan fingerprint density at radius 1 is 1.31 bits per heavy atom. The van der Waals surface area contributed by atoms with Gasteiger partial charge in [0.25, 0.3) is 11.5 Å². The van der Waals surface area contributed by atoms with Gasteiger partial charge >= 0.3 is 5.51 Å². The summed E-state index contributed by atoms with van der Waals surface area (Å²) in [6.45, 7) is 0. The number of nitrogens with one attached hydrogen (secondary N) is 2. The first-order valence-electron chi connectivity index (χ1n) is 8.68. The fraction of sp³-hybridized carbons (Fsp3) is 0.389. The molecule has 0 saturated heterocycles. The normalized spacial score (nSPS) is 15.1. The highest BCUT2D eigenvalue weighted by atomic mass is 32.2. The Morgan fingerprint density at radius 3 is 2.55 bits per heavy atom. The van der Waals surface area contributed by atoms with Gasteiger partial charge in [-0.15, -0.1) is 0 Å². The summed E-state index contributed by atoms with van der Waals surface area (Å²) in [5.74, 6) is -1.39. The standard InChI is InChI=1S/C18H18F4N4O2S/c1-26(2)17-23-12(8-14(27)24-17)16(28)25-15(9-3-4-9)10-5-6-13(11(19)7-10)29-18(20,21)22/h5-9,15H,3-4H2,1-2H3,(H,25,28)(H,23,24,27). The molecule has 0 bridgehead atoms. The van der Waals surface area contributed by atoms with E-state index in [1.807, 2.05) is 0 Å². The van der Waals surface area contributed by atoms with Crippen LogP contribution in [0, 0.1) is 11.7 Å². The smallest absolute Gasteiger partial charge is 0.348 e. The molecule has 0 aliphatic heterocycles. The van der Waals surface area contributed by atoms with E-state index >= 15 is 0 Å². The molecule has 1 fully saturated rings. The Labute approximate surface area is 167 Å². The molecule has 156 valence electrons. The molecule has 2 aromatic rings. The monoisotopic (exact) mass is 430 g/mol. The number of carbonyl (C=O) groups is 1. The quantitative estimate of drug-likeness (QED) is 0.542. The van der Waals surface area contributed by atoms with Crippen molar-refractivity contribution in [2.45, 2.75) is 29.3 Å². The van der Waals surface area contributed by atoms with Gasteiger partial charge in [0.2, 0.25) is 5.95 Å². The van der Waals surface area contributed by atoms with E-state index in [0.29, 0.717) is 5.56 Å². The number of amides is 1. The highest BCUT2D eigenvalue weighted by Gasteiger charge is 2.35. The lowest BCUT2D eigenvalue weighted by molar-refractivity contribution is -0.0329. The summed E-state index contributed by atoms with van der Waals surface area (Å²) in [6.07, 6.45) is 1.58. The minimum absolute atomic E-state index is 0.0368. The molecule has 2 N–H and O–H groups in total. The third kappa shape index (κ3) is 5.49. The minimum Gasteiger partial charge on any atom is -0.348 e.